The van der Waals surface area contributed by atoms with Gasteiger partial charge in [0.25, 0.3) is 21.0 Å². The number of ether oxygens (including phenoxy) is 2. The third-order valence-electron chi connectivity index (χ3n) is 4.93. The third-order valence-corrected chi connectivity index (χ3v) is 6.06. The Bertz CT molecular complexity index is 1180. The summed E-state index contributed by atoms with van der Waals surface area (Å²) in [5, 5.41) is 3.81. The Morgan fingerprint density at radius 2 is 1.93 bits per heavy atom. The molecule has 1 aliphatic heterocycles. The van der Waals surface area contributed by atoms with E-state index in [1.165, 1.54) is 4.52 Å². The van der Waals surface area contributed by atoms with Crippen LogP contribution in [0.5, 0.6) is 0 Å². The van der Waals surface area contributed by atoms with E-state index in [-0.39, 0.29) is 10.9 Å². The van der Waals surface area contributed by atoms with Crippen LogP contribution in [0.3, 0.4) is 0 Å². The van der Waals surface area contributed by atoms with E-state index in [4.69, 9.17) is 9.47 Å². The van der Waals surface area contributed by atoms with Gasteiger partial charge in [0.15, 0.2) is 5.79 Å². The number of hydrogen-bond acceptors (Lipinski definition) is 7. The molecule has 10 heteroatoms. The van der Waals surface area contributed by atoms with Crippen molar-refractivity contribution in [3.8, 4) is 0 Å². The molecule has 1 fully saturated rings. The lowest BCUT2D eigenvalue weighted by Gasteiger charge is -2.27. The normalized spacial score (nSPS) is 16.4. The molecule has 0 unspecified atom stereocenters. The zero-order valence-corrected chi connectivity index (χ0v) is 17.6. The molecule has 1 aromatic carbocycles. The summed E-state index contributed by atoms with van der Waals surface area (Å²) < 4.78 is 41.9. The Balaban J connectivity index is 1.80. The Kier molecular flexibility index (Phi) is 4.80. The molecule has 0 amide bonds. The number of para-hydroxylation sites is 1. The average Bonchev–Trinajstić information content (AvgIpc) is 3.29. The van der Waals surface area contributed by atoms with E-state index in [0.29, 0.717) is 30.9 Å². The number of aromatic nitrogens is 4. The third kappa shape index (κ3) is 3.47. The van der Waals surface area contributed by atoms with E-state index >= 15 is 0 Å². The first-order valence-corrected chi connectivity index (χ1v) is 10.9. The highest BCUT2D eigenvalue weighted by molar-refractivity contribution is 7.92. The number of benzene rings is 1. The fraction of sp³-hybridized carbons (Fsp3) is 0.421. The Hall–Kier alpha value is -2.56. The number of nitrogens with zero attached hydrogens (tertiary/aromatic N) is 4. The van der Waals surface area contributed by atoms with E-state index in [1.54, 1.807) is 13.0 Å². The molecule has 4 rings (SSSR count). The van der Waals surface area contributed by atoms with E-state index in [0.717, 1.165) is 17.0 Å². The molecular weight excluding hydrogens is 394 g/mol. The molecule has 0 atom stereocenters. The van der Waals surface area contributed by atoms with Gasteiger partial charge in [-0.15, -0.1) is 5.10 Å². The summed E-state index contributed by atoms with van der Waals surface area (Å²) in [7, 11) is -4.06. The van der Waals surface area contributed by atoms with Gasteiger partial charge in [-0.25, -0.2) is 9.50 Å². The van der Waals surface area contributed by atoms with Crippen LogP contribution < -0.4 is 4.72 Å². The van der Waals surface area contributed by atoms with Crippen molar-refractivity contribution in [1.82, 2.24) is 19.6 Å². The molecule has 1 aliphatic rings. The lowest BCUT2D eigenvalue weighted by molar-refractivity contribution is -0.149. The van der Waals surface area contributed by atoms with Gasteiger partial charge < -0.3 is 9.47 Å². The highest BCUT2D eigenvalue weighted by Gasteiger charge is 2.37. The summed E-state index contributed by atoms with van der Waals surface area (Å²) in [5.41, 5.74) is 3.35. The van der Waals surface area contributed by atoms with Crippen LogP contribution >= 0.6 is 0 Å². The van der Waals surface area contributed by atoms with Gasteiger partial charge in [-0.1, -0.05) is 25.1 Å². The second kappa shape index (κ2) is 7.05. The molecule has 29 heavy (non-hydrogen) atoms. The van der Waals surface area contributed by atoms with Crippen LogP contribution in [0.15, 0.2) is 29.4 Å². The fourth-order valence-electron chi connectivity index (χ4n) is 3.51. The number of rotatable bonds is 5. The largest absolute Gasteiger partial charge is 0.344 e. The minimum Gasteiger partial charge on any atom is -0.344 e. The minimum atomic E-state index is -4.06. The van der Waals surface area contributed by atoms with Crippen LogP contribution in [0.4, 0.5) is 5.69 Å². The van der Waals surface area contributed by atoms with E-state index in [1.807, 2.05) is 39.0 Å². The number of fused-ring (bicyclic) bond motifs is 1. The topological polar surface area (TPSA) is 108 Å². The lowest BCUT2D eigenvalue weighted by atomic mass is 10.00. The molecule has 0 bridgehead atoms. The maximum Gasteiger partial charge on any atom is 0.299 e. The highest BCUT2D eigenvalue weighted by atomic mass is 32.2. The number of sulfonamides is 1. The second-order valence-corrected chi connectivity index (χ2v) is 8.66. The van der Waals surface area contributed by atoms with Crippen LogP contribution in [0.1, 0.15) is 36.4 Å². The van der Waals surface area contributed by atoms with E-state index < -0.39 is 15.8 Å². The quantitative estimate of drug-likeness (QED) is 0.679. The van der Waals surface area contributed by atoms with Crippen molar-refractivity contribution in [2.45, 2.75) is 45.1 Å². The van der Waals surface area contributed by atoms with Crippen molar-refractivity contribution in [1.29, 1.82) is 0 Å². The standard InChI is InChI=1S/C19H23N5O4S/c1-5-14-7-6-8-15(19(4)27-9-10-28-19)16(14)23-29(25,26)18-21-17-20-12(2)11-13(3)24(17)22-18/h6-8,11,23H,5,9-10H2,1-4H3. The van der Waals surface area contributed by atoms with Crippen LogP contribution in [0, 0.1) is 13.8 Å². The first kappa shape index (κ1) is 19.7. The van der Waals surface area contributed by atoms with Crippen LogP contribution in [-0.2, 0) is 31.7 Å². The molecule has 3 aromatic rings. The van der Waals surface area contributed by atoms with Crippen molar-refractivity contribution in [3.63, 3.8) is 0 Å². The van der Waals surface area contributed by atoms with Gasteiger partial charge in [-0.3, -0.25) is 4.72 Å². The highest BCUT2D eigenvalue weighted by Crippen LogP contribution is 2.38. The zero-order chi connectivity index (χ0) is 20.8. The summed E-state index contributed by atoms with van der Waals surface area (Å²) >= 11 is 0. The fourth-order valence-corrected chi connectivity index (χ4v) is 4.50. The molecule has 0 aliphatic carbocycles. The minimum absolute atomic E-state index is 0.237. The summed E-state index contributed by atoms with van der Waals surface area (Å²) in [5.74, 6) is -0.786. The van der Waals surface area contributed by atoms with Crippen molar-refractivity contribution in [3.05, 3.63) is 46.8 Å². The molecule has 9 nitrogen and oxygen atoms in total. The van der Waals surface area contributed by atoms with Crippen molar-refractivity contribution >= 4 is 21.5 Å². The van der Waals surface area contributed by atoms with E-state index in [9.17, 15) is 8.42 Å². The molecule has 0 spiro atoms. The monoisotopic (exact) mass is 417 g/mol. The van der Waals surface area contributed by atoms with Gasteiger partial charge in [0, 0.05) is 17.0 Å². The molecule has 1 N–H and O–H groups in total. The summed E-state index contributed by atoms with van der Waals surface area (Å²) in [6.07, 6.45) is 0.625. The van der Waals surface area contributed by atoms with Crippen LogP contribution in [0.2, 0.25) is 0 Å². The summed E-state index contributed by atoms with van der Waals surface area (Å²) in [6.45, 7) is 8.26. The molecule has 0 radical (unpaired) electrons. The molecule has 2 aromatic heterocycles. The van der Waals surface area contributed by atoms with Crippen molar-refractivity contribution in [2.24, 2.45) is 0 Å². The average molecular weight is 417 g/mol. The smallest absolute Gasteiger partial charge is 0.299 e. The Morgan fingerprint density at radius 1 is 1.21 bits per heavy atom. The maximum absolute atomic E-state index is 13.1. The van der Waals surface area contributed by atoms with Crippen LogP contribution in [0.25, 0.3) is 5.78 Å². The van der Waals surface area contributed by atoms with Crippen LogP contribution in [-0.4, -0.2) is 41.2 Å². The number of nitrogens with one attached hydrogen (secondary N) is 1. The lowest BCUT2D eigenvalue weighted by Crippen LogP contribution is -2.26. The molecular formula is C19H23N5O4S. The SMILES string of the molecule is CCc1cccc(C2(C)OCCO2)c1NS(=O)(=O)c1nc2nc(C)cc(C)n2n1. The van der Waals surface area contributed by atoms with Gasteiger partial charge >= 0.3 is 0 Å². The van der Waals surface area contributed by atoms with Gasteiger partial charge in [-0.05, 0) is 38.8 Å². The summed E-state index contributed by atoms with van der Waals surface area (Å²) in [6, 6.07) is 7.34. The predicted octanol–water partition coefficient (Wildman–Crippen LogP) is 2.32. The second-order valence-electron chi connectivity index (χ2n) is 7.09. The first-order chi connectivity index (χ1) is 13.7. The maximum atomic E-state index is 13.1. The number of anilines is 1. The molecule has 3 heterocycles. The van der Waals surface area contributed by atoms with Gasteiger partial charge in [0.1, 0.15) is 0 Å². The van der Waals surface area contributed by atoms with E-state index in [2.05, 4.69) is 19.8 Å². The molecule has 154 valence electrons. The van der Waals surface area contributed by atoms with Crippen molar-refractivity contribution in [2.75, 3.05) is 17.9 Å². The van der Waals surface area contributed by atoms with Gasteiger partial charge in [0.05, 0.1) is 18.9 Å². The molecule has 1 saturated heterocycles. The van der Waals surface area contributed by atoms with Gasteiger partial charge in [-0.2, -0.15) is 13.4 Å². The van der Waals surface area contributed by atoms with Gasteiger partial charge in [0.2, 0.25) is 0 Å². The number of aryl methyl sites for hydroxylation is 3. The zero-order valence-electron chi connectivity index (χ0n) is 16.8. The number of hydrogen-bond donors (Lipinski definition) is 1. The summed E-state index contributed by atoms with van der Waals surface area (Å²) in [4.78, 5) is 8.39. The Labute approximate surface area is 169 Å². The first-order valence-electron chi connectivity index (χ1n) is 9.37. The Morgan fingerprint density at radius 3 is 2.62 bits per heavy atom. The molecule has 0 saturated carbocycles. The predicted molar refractivity (Wildman–Crippen MR) is 106 cm³/mol. The van der Waals surface area contributed by atoms with Crippen molar-refractivity contribution < 1.29 is 17.9 Å².